The number of aryl methyl sites for hydroxylation is 2. The Morgan fingerprint density at radius 3 is 2.41 bits per heavy atom. The second-order valence-corrected chi connectivity index (χ2v) is 11.2. The second-order valence-electron chi connectivity index (χ2n) is 8.92. The van der Waals surface area contributed by atoms with Gasteiger partial charge in [-0.1, -0.05) is 12.1 Å². The molecule has 37 heavy (non-hydrogen) atoms. The quantitative estimate of drug-likeness (QED) is 0.385. The molecule has 3 aromatic heterocycles. The van der Waals surface area contributed by atoms with Crippen LogP contribution in [0.15, 0.2) is 48.9 Å². The number of halogens is 3. The van der Waals surface area contributed by atoms with E-state index >= 15 is 0 Å². The maximum Gasteiger partial charge on any atom is 0.416 e. The van der Waals surface area contributed by atoms with Crippen LogP contribution >= 0.6 is 0 Å². The normalized spacial score (nSPS) is 18.0. The monoisotopic (exact) mass is 532 g/mol. The van der Waals surface area contributed by atoms with Gasteiger partial charge in [-0.05, 0) is 43.2 Å². The Labute approximate surface area is 210 Å². The molecule has 4 heterocycles. The van der Waals surface area contributed by atoms with Gasteiger partial charge in [0.05, 0.1) is 35.9 Å². The molecule has 2 atom stereocenters. The summed E-state index contributed by atoms with van der Waals surface area (Å²) in [6.07, 6.45) is 0.344. The molecule has 1 aliphatic rings. The van der Waals surface area contributed by atoms with Gasteiger partial charge in [0.15, 0.2) is 15.7 Å². The van der Waals surface area contributed by atoms with Gasteiger partial charge in [-0.3, -0.25) is 0 Å². The van der Waals surface area contributed by atoms with Crippen LogP contribution in [0.5, 0.6) is 5.88 Å². The molecule has 5 rings (SSSR count). The van der Waals surface area contributed by atoms with Crippen LogP contribution in [-0.2, 0) is 22.6 Å². The number of hydrogen-bond acceptors (Lipinski definition) is 7. The zero-order chi connectivity index (χ0) is 26.5. The van der Waals surface area contributed by atoms with Crippen molar-refractivity contribution in [3.63, 3.8) is 0 Å². The summed E-state index contributed by atoms with van der Waals surface area (Å²) in [5.41, 5.74) is 1.50. The summed E-state index contributed by atoms with van der Waals surface area (Å²) in [5, 5.41) is 3.69. The standard InChI is InChI=1S/C24H23F3N6O3S/c1-14-12-32(13-28-14)18-9-8-17(29-23(18)36-2)21-30-22-20(15-4-6-16(7-5-15)24(25,26)27)19(37(3,34)35)10-11-33(22)31-21/h4-9,12-13,19-20H,10-11H2,1-3H3/t19?,20-/m0/s1. The summed E-state index contributed by atoms with van der Waals surface area (Å²) < 4.78 is 73.5. The highest BCUT2D eigenvalue weighted by molar-refractivity contribution is 7.91. The summed E-state index contributed by atoms with van der Waals surface area (Å²) in [4.78, 5) is 13.4. The van der Waals surface area contributed by atoms with Crippen LogP contribution in [0.1, 0.15) is 35.0 Å². The van der Waals surface area contributed by atoms with Crippen molar-refractivity contribution in [3.05, 3.63) is 71.6 Å². The number of fused-ring (bicyclic) bond motifs is 1. The van der Waals surface area contributed by atoms with Gasteiger partial charge in [0, 0.05) is 19.0 Å². The van der Waals surface area contributed by atoms with Crippen LogP contribution in [0, 0.1) is 6.92 Å². The van der Waals surface area contributed by atoms with Crippen molar-refractivity contribution in [3.8, 4) is 23.1 Å². The number of aromatic nitrogens is 6. The molecule has 1 unspecified atom stereocenters. The van der Waals surface area contributed by atoms with E-state index in [-0.39, 0.29) is 12.2 Å². The summed E-state index contributed by atoms with van der Waals surface area (Å²) >= 11 is 0. The minimum absolute atomic E-state index is 0.246. The highest BCUT2D eigenvalue weighted by Crippen LogP contribution is 2.39. The summed E-state index contributed by atoms with van der Waals surface area (Å²) in [6, 6.07) is 8.02. The first-order valence-corrected chi connectivity index (χ1v) is 13.3. The van der Waals surface area contributed by atoms with E-state index < -0.39 is 32.7 Å². The molecule has 9 nitrogen and oxygen atoms in total. The van der Waals surface area contributed by atoms with Crippen molar-refractivity contribution < 1.29 is 26.3 Å². The van der Waals surface area contributed by atoms with Crippen molar-refractivity contribution in [2.24, 2.45) is 0 Å². The van der Waals surface area contributed by atoms with Crippen LogP contribution in [-0.4, -0.2) is 56.3 Å². The molecule has 0 bridgehead atoms. The number of nitrogens with zero attached hydrogens (tertiary/aromatic N) is 6. The van der Waals surface area contributed by atoms with E-state index in [1.165, 1.54) is 19.2 Å². The van der Waals surface area contributed by atoms with Gasteiger partial charge in [0.25, 0.3) is 0 Å². The molecule has 13 heteroatoms. The van der Waals surface area contributed by atoms with Gasteiger partial charge in [0.2, 0.25) is 5.88 Å². The number of sulfone groups is 1. The largest absolute Gasteiger partial charge is 0.479 e. The average Bonchev–Trinajstić information content (AvgIpc) is 3.48. The Bertz CT molecular complexity index is 1560. The highest BCUT2D eigenvalue weighted by atomic mass is 32.2. The molecule has 194 valence electrons. The van der Waals surface area contributed by atoms with E-state index in [0.29, 0.717) is 35.2 Å². The number of benzene rings is 1. The first kappa shape index (κ1) is 24.9. The van der Waals surface area contributed by atoms with Gasteiger partial charge in [-0.15, -0.1) is 5.10 Å². The number of methoxy groups -OCH3 is 1. The Morgan fingerprint density at radius 1 is 1.08 bits per heavy atom. The van der Waals surface area contributed by atoms with Crippen LogP contribution in [0.3, 0.4) is 0 Å². The zero-order valence-electron chi connectivity index (χ0n) is 20.1. The molecule has 0 aliphatic carbocycles. The van der Waals surface area contributed by atoms with Crippen LogP contribution < -0.4 is 4.74 Å². The second kappa shape index (κ2) is 8.98. The molecule has 0 fully saturated rings. The van der Waals surface area contributed by atoms with Crippen LogP contribution in [0.4, 0.5) is 13.2 Å². The fourth-order valence-electron chi connectivity index (χ4n) is 4.60. The third-order valence-electron chi connectivity index (χ3n) is 6.38. The number of rotatable bonds is 5. The Hall–Kier alpha value is -3.74. The van der Waals surface area contributed by atoms with E-state index in [2.05, 4.69) is 20.1 Å². The van der Waals surface area contributed by atoms with E-state index in [0.717, 1.165) is 24.1 Å². The fraction of sp³-hybridized carbons (Fsp3) is 0.333. The van der Waals surface area contributed by atoms with Crippen molar-refractivity contribution in [2.75, 3.05) is 13.4 Å². The predicted octanol–water partition coefficient (Wildman–Crippen LogP) is 3.81. The number of hydrogen-bond donors (Lipinski definition) is 0. The Kier molecular flexibility index (Phi) is 6.05. The Morgan fingerprint density at radius 2 is 1.81 bits per heavy atom. The molecule has 1 aliphatic heterocycles. The molecular formula is C24H23F3N6O3S. The smallest absolute Gasteiger partial charge is 0.416 e. The molecule has 4 aromatic rings. The minimum Gasteiger partial charge on any atom is -0.479 e. The summed E-state index contributed by atoms with van der Waals surface area (Å²) in [6.45, 7) is 2.15. The lowest BCUT2D eigenvalue weighted by Crippen LogP contribution is -2.36. The van der Waals surface area contributed by atoms with Gasteiger partial charge in [-0.2, -0.15) is 13.2 Å². The maximum absolute atomic E-state index is 13.1. The van der Waals surface area contributed by atoms with Crippen molar-refractivity contribution in [1.29, 1.82) is 0 Å². The molecule has 0 radical (unpaired) electrons. The molecule has 1 aromatic carbocycles. The molecule has 0 spiro atoms. The van der Waals surface area contributed by atoms with Gasteiger partial charge in [-0.25, -0.2) is 28.1 Å². The molecule has 0 amide bonds. The fourth-order valence-corrected chi connectivity index (χ4v) is 5.91. The van der Waals surface area contributed by atoms with E-state index in [1.807, 2.05) is 13.1 Å². The first-order valence-electron chi connectivity index (χ1n) is 11.3. The molecule has 0 N–H and O–H groups in total. The zero-order valence-corrected chi connectivity index (χ0v) is 21.0. The number of imidazole rings is 1. The lowest BCUT2D eigenvalue weighted by Gasteiger charge is -2.30. The molecule has 0 saturated heterocycles. The number of pyridine rings is 1. The van der Waals surface area contributed by atoms with Crippen molar-refractivity contribution in [1.82, 2.24) is 29.3 Å². The van der Waals surface area contributed by atoms with Crippen molar-refractivity contribution >= 4 is 9.84 Å². The van der Waals surface area contributed by atoms with E-state index in [9.17, 15) is 21.6 Å². The predicted molar refractivity (Wildman–Crippen MR) is 128 cm³/mol. The summed E-state index contributed by atoms with van der Waals surface area (Å²) in [7, 11) is -2.06. The first-order chi connectivity index (χ1) is 17.5. The maximum atomic E-state index is 13.1. The molecule has 0 saturated carbocycles. The molecular weight excluding hydrogens is 509 g/mol. The SMILES string of the molecule is COc1nc(-c2nc3n(n2)CCC(S(C)(=O)=O)[C@@H]3c2ccc(C(F)(F)F)cc2)ccc1-n1cnc(C)c1. The van der Waals surface area contributed by atoms with Gasteiger partial charge >= 0.3 is 6.18 Å². The third-order valence-corrected chi connectivity index (χ3v) is 7.98. The van der Waals surface area contributed by atoms with E-state index in [4.69, 9.17) is 4.74 Å². The van der Waals surface area contributed by atoms with Crippen LogP contribution in [0.2, 0.25) is 0 Å². The number of ether oxygens (including phenoxy) is 1. The van der Waals surface area contributed by atoms with Gasteiger partial charge < -0.3 is 9.30 Å². The highest BCUT2D eigenvalue weighted by Gasteiger charge is 2.40. The van der Waals surface area contributed by atoms with Crippen LogP contribution in [0.25, 0.3) is 17.2 Å². The lowest BCUT2D eigenvalue weighted by molar-refractivity contribution is -0.137. The van der Waals surface area contributed by atoms with E-state index in [1.54, 1.807) is 27.7 Å². The van der Waals surface area contributed by atoms with Gasteiger partial charge in [0.1, 0.15) is 17.2 Å². The topological polar surface area (TPSA) is 105 Å². The lowest BCUT2D eigenvalue weighted by atomic mass is 9.90. The summed E-state index contributed by atoms with van der Waals surface area (Å²) in [5.74, 6) is 0.137. The Balaban J connectivity index is 1.57. The minimum atomic E-state index is -4.50. The third kappa shape index (κ3) is 4.70. The average molecular weight is 533 g/mol. The van der Waals surface area contributed by atoms with Crippen molar-refractivity contribution in [2.45, 2.75) is 37.2 Å². The number of alkyl halides is 3.